The first-order valence-corrected chi connectivity index (χ1v) is 8.90. The Kier molecular flexibility index (Phi) is 5.71. The zero-order valence-electron chi connectivity index (χ0n) is 15.1. The maximum absolute atomic E-state index is 12.7. The molecule has 1 aliphatic heterocycles. The van der Waals surface area contributed by atoms with E-state index in [2.05, 4.69) is 10.6 Å². The number of anilines is 3. The van der Waals surface area contributed by atoms with Crippen LogP contribution in [-0.4, -0.2) is 37.5 Å². The lowest BCUT2D eigenvalue weighted by Gasteiger charge is -2.35. The number of hydrogen-bond donors (Lipinski definition) is 2. The highest BCUT2D eigenvalue weighted by molar-refractivity contribution is 6.14. The van der Waals surface area contributed by atoms with Crippen LogP contribution in [0.1, 0.15) is 13.3 Å². The van der Waals surface area contributed by atoms with Crippen LogP contribution < -0.4 is 20.4 Å². The molecule has 0 aliphatic carbocycles. The van der Waals surface area contributed by atoms with Crippen LogP contribution in [0.15, 0.2) is 54.6 Å². The van der Waals surface area contributed by atoms with E-state index in [-0.39, 0.29) is 24.9 Å². The molecule has 0 saturated heterocycles. The first-order chi connectivity index (χ1) is 13.1. The van der Waals surface area contributed by atoms with Gasteiger partial charge in [0.25, 0.3) is 0 Å². The summed E-state index contributed by atoms with van der Waals surface area (Å²) in [6.45, 7) is 2.33. The molecule has 2 aromatic carbocycles. The van der Waals surface area contributed by atoms with Crippen LogP contribution in [0.25, 0.3) is 0 Å². The average Bonchev–Trinajstić information content (AvgIpc) is 2.69. The molecule has 0 unspecified atom stereocenters. The van der Waals surface area contributed by atoms with Crippen molar-refractivity contribution in [1.29, 1.82) is 0 Å². The third-order valence-electron chi connectivity index (χ3n) is 4.20. The second kappa shape index (κ2) is 8.35. The van der Waals surface area contributed by atoms with Crippen LogP contribution in [0, 0.1) is 0 Å². The van der Waals surface area contributed by atoms with Crippen LogP contribution in [-0.2, 0) is 9.59 Å². The topological polar surface area (TPSA) is 81.8 Å². The van der Waals surface area contributed by atoms with E-state index in [0.29, 0.717) is 23.6 Å². The molecule has 2 aromatic rings. The Morgan fingerprint density at radius 1 is 1.00 bits per heavy atom. The zero-order chi connectivity index (χ0) is 19.2. The average molecular weight is 366 g/mol. The minimum Gasteiger partial charge on any atom is -0.355 e. The van der Waals surface area contributed by atoms with E-state index in [0.717, 1.165) is 6.42 Å². The minimum atomic E-state index is -0.392. The molecule has 4 amide bonds. The van der Waals surface area contributed by atoms with Crippen molar-refractivity contribution in [2.24, 2.45) is 0 Å². The van der Waals surface area contributed by atoms with Crippen molar-refractivity contribution in [3.05, 3.63) is 54.6 Å². The third kappa shape index (κ3) is 4.25. The highest BCUT2D eigenvalue weighted by Gasteiger charge is 2.33. The monoisotopic (exact) mass is 366 g/mol. The highest BCUT2D eigenvalue weighted by Crippen LogP contribution is 2.33. The molecule has 1 aliphatic rings. The Hall–Kier alpha value is -3.35. The van der Waals surface area contributed by atoms with Gasteiger partial charge in [0, 0.05) is 12.2 Å². The summed E-state index contributed by atoms with van der Waals surface area (Å²) in [6, 6.07) is 15.7. The molecular formula is C20H22N4O3. The van der Waals surface area contributed by atoms with Gasteiger partial charge in [-0.2, -0.15) is 0 Å². The van der Waals surface area contributed by atoms with Crippen molar-refractivity contribution in [1.82, 2.24) is 5.32 Å². The van der Waals surface area contributed by atoms with Gasteiger partial charge in [0.15, 0.2) is 0 Å². The molecule has 27 heavy (non-hydrogen) atoms. The van der Waals surface area contributed by atoms with Gasteiger partial charge in [-0.15, -0.1) is 0 Å². The van der Waals surface area contributed by atoms with Crippen LogP contribution in [0.5, 0.6) is 0 Å². The smallest absolute Gasteiger partial charge is 0.326 e. The number of hydrogen-bond acceptors (Lipinski definition) is 3. The van der Waals surface area contributed by atoms with Crippen LogP contribution in [0.3, 0.4) is 0 Å². The van der Waals surface area contributed by atoms with Crippen molar-refractivity contribution in [2.75, 3.05) is 34.8 Å². The number of nitrogens with zero attached hydrogens (tertiary/aromatic N) is 2. The van der Waals surface area contributed by atoms with E-state index in [1.807, 2.05) is 25.1 Å². The Balaban J connectivity index is 1.82. The number of rotatable bonds is 5. The molecule has 0 saturated carbocycles. The molecule has 7 heteroatoms. The van der Waals surface area contributed by atoms with Crippen molar-refractivity contribution >= 4 is 34.9 Å². The third-order valence-corrected chi connectivity index (χ3v) is 4.20. The Morgan fingerprint density at radius 2 is 1.67 bits per heavy atom. The van der Waals surface area contributed by atoms with Gasteiger partial charge >= 0.3 is 6.03 Å². The van der Waals surface area contributed by atoms with Crippen molar-refractivity contribution in [2.45, 2.75) is 13.3 Å². The standard InChI is InChI=1S/C20H22N4O3/c1-2-12-21-18(25)13-23-16-10-6-7-11-17(16)24(14-19(23)26)20(27)22-15-8-4-3-5-9-15/h3-11H,2,12-14H2,1H3,(H,21,25)(H,22,27). The summed E-state index contributed by atoms with van der Waals surface area (Å²) in [4.78, 5) is 40.3. The fraction of sp³-hybridized carbons (Fsp3) is 0.250. The van der Waals surface area contributed by atoms with Crippen molar-refractivity contribution in [3.8, 4) is 0 Å². The van der Waals surface area contributed by atoms with Gasteiger partial charge in [-0.25, -0.2) is 4.79 Å². The van der Waals surface area contributed by atoms with E-state index in [1.54, 1.807) is 36.4 Å². The second-order valence-electron chi connectivity index (χ2n) is 6.20. The van der Waals surface area contributed by atoms with Gasteiger partial charge in [-0.3, -0.25) is 19.4 Å². The molecule has 1 heterocycles. The van der Waals surface area contributed by atoms with Gasteiger partial charge in [0.1, 0.15) is 13.1 Å². The van der Waals surface area contributed by atoms with E-state index >= 15 is 0 Å². The van der Waals surface area contributed by atoms with Crippen LogP contribution in [0.4, 0.5) is 21.9 Å². The number of carbonyl (C=O) groups excluding carboxylic acids is 3. The van der Waals surface area contributed by atoms with Crippen molar-refractivity contribution in [3.63, 3.8) is 0 Å². The first kappa shape index (κ1) is 18.4. The predicted octanol–water partition coefficient (Wildman–Crippen LogP) is 2.60. The van der Waals surface area contributed by atoms with Gasteiger partial charge < -0.3 is 10.6 Å². The van der Waals surface area contributed by atoms with Gasteiger partial charge in [-0.1, -0.05) is 37.3 Å². The lowest BCUT2D eigenvalue weighted by Crippen LogP contribution is -2.52. The molecule has 140 valence electrons. The Labute approximate surface area is 158 Å². The van der Waals surface area contributed by atoms with E-state index in [4.69, 9.17) is 0 Å². The number of fused-ring (bicyclic) bond motifs is 1. The molecule has 7 nitrogen and oxygen atoms in total. The molecule has 0 atom stereocenters. The molecule has 0 spiro atoms. The number of nitrogens with one attached hydrogen (secondary N) is 2. The van der Waals surface area contributed by atoms with Crippen LogP contribution >= 0.6 is 0 Å². The quantitative estimate of drug-likeness (QED) is 0.853. The Morgan fingerprint density at radius 3 is 2.37 bits per heavy atom. The van der Waals surface area contributed by atoms with Gasteiger partial charge in [0.2, 0.25) is 11.8 Å². The van der Waals surface area contributed by atoms with Crippen molar-refractivity contribution < 1.29 is 14.4 Å². The molecule has 0 aromatic heterocycles. The normalized spacial score (nSPS) is 13.1. The van der Waals surface area contributed by atoms with E-state index in [9.17, 15) is 14.4 Å². The summed E-state index contributed by atoms with van der Waals surface area (Å²) in [7, 11) is 0. The summed E-state index contributed by atoms with van der Waals surface area (Å²) in [5.74, 6) is -0.522. The summed E-state index contributed by atoms with van der Waals surface area (Å²) < 4.78 is 0. The maximum atomic E-state index is 12.7. The first-order valence-electron chi connectivity index (χ1n) is 8.90. The number of amides is 4. The maximum Gasteiger partial charge on any atom is 0.326 e. The molecule has 2 N–H and O–H groups in total. The lowest BCUT2D eigenvalue weighted by atomic mass is 10.1. The molecular weight excluding hydrogens is 344 g/mol. The molecule has 0 radical (unpaired) electrons. The van der Waals surface area contributed by atoms with Gasteiger partial charge in [-0.05, 0) is 30.7 Å². The van der Waals surface area contributed by atoms with E-state index in [1.165, 1.54) is 9.80 Å². The number of para-hydroxylation sites is 3. The van der Waals surface area contributed by atoms with Gasteiger partial charge in [0.05, 0.1) is 11.4 Å². The summed E-state index contributed by atoms with van der Waals surface area (Å²) in [5.41, 5.74) is 1.78. The summed E-state index contributed by atoms with van der Waals surface area (Å²) in [6.07, 6.45) is 0.823. The molecule has 0 fully saturated rings. The lowest BCUT2D eigenvalue weighted by molar-refractivity contribution is -0.123. The SMILES string of the molecule is CCCNC(=O)CN1C(=O)CN(C(=O)Nc2ccccc2)c2ccccc21. The predicted molar refractivity (Wildman–Crippen MR) is 105 cm³/mol. The summed E-state index contributed by atoms with van der Waals surface area (Å²) >= 11 is 0. The number of carbonyl (C=O) groups is 3. The largest absolute Gasteiger partial charge is 0.355 e. The minimum absolute atomic E-state index is 0.0655. The second-order valence-corrected chi connectivity index (χ2v) is 6.20. The van der Waals surface area contributed by atoms with E-state index < -0.39 is 6.03 Å². The number of benzene rings is 2. The number of urea groups is 1. The fourth-order valence-corrected chi connectivity index (χ4v) is 2.89. The Bertz CT molecular complexity index is 838. The van der Waals surface area contributed by atoms with Crippen LogP contribution in [0.2, 0.25) is 0 Å². The molecule has 0 bridgehead atoms. The highest BCUT2D eigenvalue weighted by atomic mass is 16.2. The molecule has 3 rings (SSSR count). The zero-order valence-corrected chi connectivity index (χ0v) is 15.1. The fourth-order valence-electron chi connectivity index (χ4n) is 2.89. The summed E-state index contributed by atoms with van der Waals surface area (Å²) in [5, 5.41) is 5.57.